The average molecular weight is 372 g/mol. The number of benzene rings is 1. The van der Waals surface area contributed by atoms with Crippen molar-refractivity contribution in [3.63, 3.8) is 0 Å². The van der Waals surface area contributed by atoms with E-state index in [9.17, 15) is 14.4 Å². The Balaban J connectivity index is 1.43. The summed E-state index contributed by atoms with van der Waals surface area (Å²) in [7, 11) is 0. The number of carbonyl (C=O) groups excluding carboxylic acids is 3. The molecular weight excluding hydrogens is 348 g/mol. The Morgan fingerprint density at radius 3 is 2.93 bits per heavy atom. The Labute approximate surface area is 157 Å². The molecule has 0 aromatic heterocycles. The first-order valence-electron chi connectivity index (χ1n) is 9.41. The minimum absolute atomic E-state index is 0.129. The van der Waals surface area contributed by atoms with Crippen molar-refractivity contribution >= 4 is 17.7 Å². The van der Waals surface area contributed by atoms with E-state index in [1.54, 1.807) is 4.90 Å². The number of piperidine rings is 1. The molecule has 2 saturated heterocycles. The lowest BCUT2D eigenvalue weighted by Crippen LogP contribution is -2.52. The number of fused-ring (bicyclic) bond motifs is 1. The van der Waals surface area contributed by atoms with Crippen molar-refractivity contribution in [3.05, 3.63) is 34.9 Å². The third-order valence-corrected chi connectivity index (χ3v) is 5.34. The van der Waals surface area contributed by atoms with E-state index in [0.29, 0.717) is 31.7 Å². The maximum absolute atomic E-state index is 13.0. The van der Waals surface area contributed by atoms with E-state index in [1.165, 1.54) is 0 Å². The number of hydrogen-bond donors (Lipinski definition) is 3. The Morgan fingerprint density at radius 1 is 1.26 bits per heavy atom. The van der Waals surface area contributed by atoms with Crippen LogP contribution in [0.1, 0.15) is 34.3 Å². The van der Waals surface area contributed by atoms with Gasteiger partial charge in [-0.15, -0.1) is 0 Å². The molecule has 3 heterocycles. The van der Waals surface area contributed by atoms with Crippen LogP contribution in [-0.2, 0) is 27.4 Å². The van der Waals surface area contributed by atoms with E-state index in [2.05, 4.69) is 16.0 Å². The predicted octanol–water partition coefficient (Wildman–Crippen LogP) is -0.474. The van der Waals surface area contributed by atoms with Crippen LogP contribution in [0.4, 0.5) is 0 Å². The van der Waals surface area contributed by atoms with Gasteiger partial charge in [0.05, 0.1) is 13.2 Å². The lowest BCUT2D eigenvalue weighted by Gasteiger charge is -2.29. The van der Waals surface area contributed by atoms with Crippen molar-refractivity contribution in [2.75, 3.05) is 26.3 Å². The van der Waals surface area contributed by atoms with E-state index in [0.717, 1.165) is 30.8 Å². The largest absolute Gasteiger partial charge is 0.378 e. The fourth-order valence-electron chi connectivity index (χ4n) is 3.97. The molecule has 2 atom stereocenters. The summed E-state index contributed by atoms with van der Waals surface area (Å²) >= 11 is 0. The van der Waals surface area contributed by atoms with Gasteiger partial charge in [0.1, 0.15) is 6.04 Å². The molecule has 144 valence electrons. The molecule has 27 heavy (non-hydrogen) atoms. The molecule has 8 nitrogen and oxygen atoms in total. The van der Waals surface area contributed by atoms with Crippen molar-refractivity contribution in [1.29, 1.82) is 0 Å². The molecule has 0 spiro atoms. The molecule has 3 aliphatic rings. The Bertz CT molecular complexity index is 760. The van der Waals surface area contributed by atoms with Crippen LogP contribution in [0.3, 0.4) is 0 Å². The summed E-state index contributed by atoms with van der Waals surface area (Å²) in [5.74, 6) is -0.780. The average Bonchev–Trinajstić information content (AvgIpc) is 3.00. The SMILES string of the molecule is O=C1CCC(N2Cc3cccc(CNCC4COCCN4)c3C2=O)C(=O)N1. The van der Waals surface area contributed by atoms with Gasteiger partial charge in [0.2, 0.25) is 11.8 Å². The standard InChI is InChI=1S/C19H24N4O4/c24-16-5-4-15(18(25)22-16)23-10-13-3-1-2-12(17(13)19(23)26)8-20-9-14-11-27-7-6-21-14/h1-3,14-15,20-21H,4-11H2,(H,22,24,25). The molecule has 0 bridgehead atoms. The van der Waals surface area contributed by atoms with Crippen LogP contribution in [0.15, 0.2) is 18.2 Å². The highest BCUT2D eigenvalue weighted by molar-refractivity contribution is 6.05. The number of imide groups is 1. The number of ether oxygens (including phenoxy) is 1. The summed E-state index contributed by atoms with van der Waals surface area (Å²) in [5, 5.41) is 9.12. The molecule has 0 radical (unpaired) electrons. The monoisotopic (exact) mass is 372 g/mol. The zero-order valence-corrected chi connectivity index (χ0v) is 15.1. The highest BCUT2D eigenvalue weighted by atomic mass is 16.5. The number of nitrogens with one attached hydrogen (secondary N) is 3. The van der Waals surface area contributed by atoms with Gasteiger partial charge < -0.3 is 20.3 Å². The first kappa shape index (κ1) is 18.1. The zero-order chi connectivity index (χ0) is 18.8. The maximum Gasteiger partial charge on any atom is 0.255 e. The van der Waals surface area contributed by atoms with Crippen molar-refractivity contribution in [1.82, 2.24) is 20.9 Å². The predicted molar refractivity (Wildman–Crippen MR) is 96.8 cm³/mol. The zero-order valence-electron chi connectivity index (χ0n) is 15.1. The third-order valence-electron chi connectivity index (χ3n) is 5.34. The van der Waals surface area contributed by atoms with Gasteiger partial charge in [-0.1, -0.05) is 18.2 Å². The smallest absolute Gasteiger partial charge is 0.255 e. The quantitative estimate of drug-likeness (QED) is 0.604. The van der Waals surface area contributed by atoms with E-state index < -0.39 is 6.04 Å². The molecule has 2 unspecified atom stereocenters. The second-order valence-electron chi connectivity index (χ2n) is 7.21. The second-order valence-corrected chi connectivity index (χ2v) is 7.21. The van der Waals surface area contributed by atoms with Gasteiger partial charge >= 0.3 is 0 Å². The van der Waals surface area contributed by atoms with Crippen LogP contribution in [0.25, 0.3) is 0 Å². The summed E-state index contributed by atoms with van der Waals surface area (Å²) in [6.07, 6.45) is 0.646. The van der Waals surface area contributed by atoms with E-state index in [-0.39, 0.29) is 30.2 Å². The lowest BCUT2D eigenvalue weighted by atomic mass is 10.0. The molecule has 4 rings (SSSR count). The van der Waals surface area contributed by atoms with Crippen molar-refractivity contribution < 1.29 is 19.1 Å². The molecule has 3 N–H and O–H groups in total. The van der Waals surface area contributed by atoms with Crippen molar-refractivity contribution in [2.45, 2.75) is 38.0 Å². The van der Waals surface area contributed by atoms with E-state index in [4.69, 9.17) is 4.74 Å². The molecular formula is C19H24N4O4. The number of carbonyl (C=O) groups is 3. The van der Waals surface area contributed by atoms with Gasteiger partial charge in [0.25, 0.3) is 5.91 Å². The molecule has 1 aromatic carbocycles. The highest BCUT2D eigenvalue weighted by Crippen LogP contribution is 2.29. The number of rotatable bonds is 5. The van der Waals surface area contributed by atoms with Gasteiger partial charge in [-0.3, -0.25) is 19.7 Å². The van der Waals surface area contributed by atoms with Gasteiger partial charge in [-0.05, 0) is 17.5 Å². The molecule has 3 amide bonds. The van der Waals surface area contributed by atoms with Crippen molar-refractivity contribution in [2.24, 2.45) is 0 Å². The van der Waals surface area contributed by atoms with Gasteiger partial charge in [0.15, 0.2) is 0 Å². The number of amides is 3. The first-order valence-corrected chi connectivity index (χ1v) is 9.41. The summed E-state index contributed by atoms with van der Waals surface area (Å²) < 4.78 is 5.45. The number of hydrogen-bond acceptors (Lipinski definition) is 6. The van der Waals surface area contributed by atoms with Gasteiger partial charge in [0, 0.05) is 44.2 Å². The third kappa shape index (κ3) is 3.73. The lowest BCUT2D eigenvalue weighted by molar-refractivity contribution is -0.136. The Kier molecular flexibility index (Phi) is 5.20. The Morgan fingerprint density at radius 2 is 2.15 bits per heavy atom. The molecule has 3 aliphatic heterocycles. The minimum atomic E-state index is -0.577. The second kappa shape index (κ2) is 7.75. The summed E-state index contributed by atoms with van der Waals surface area (Å²) in [6.45, 7) is 4.03. The van der Waals surface area contributed by atoms with Crippen LogP contribution >= 0.6 is 0 Å². The van der Waals surface area contributed by atoms with E-state index >= 15 is 0 Å². The Hall–Kier alpha value is -2.29. The molecule has 2 fully saturated rings. The topological polar surface area (TPSA) is 99.8 Å². The first-order chi connectivity index (χ1) is 13.1. The maximum atomic E-state index is 13.0. The van der Waals surface area contributed by atoms with Crippen LogP contribution in [-0.4, -0.2) is 61.0 Å². The molecule has 0 aliphatic carbocycles. The molecule has 0 saturated carbocycles. The van der Waals surface area contributed by atoms with Crippen LogP contribution < -0.4 is 16.0 Å². The van der Waals surface area contributed by atoms with E-state index in [1.807, 2.05) is 18.2 Å². The van der Waals surface area contributed by atoms with Crippen LogP contribution in [0.2, 0.25) is 0 Å². The van der Waals surface area contributed by atoms with Crippen molar-refractivity contribution in [3.8, 4) is 0 Å². The summed E-state index contributed by atoms with van der Waals surface area (Å²) in [4.78, 5) is 38.1. The number of nitrogens with zero attached hydrogens (tertiary/aromatic N) is 1. The number of morpholine rings is 1. The minimum Gasteiger partial charge on any atom is -0.378 e. The van der Waals surface area contributed by atoms with Gasteiger partial charge in [-0.25, -0.2) is 0 Å². The van der Waals surface area contributed by atoms with Gasteiger partial charge in [-0.2, -0.15) is 0 Å². The summed E-state index contributed by atoms with van der Waals surface area (Å²) in [6, 6.07) is 5.51. The fraction of sp³-hybridized carbons (Fsp3) is 0.526. The fourth-order valence-corrected chi connectivity index (χ4v) is 3.97. The molecule has 8 heteroatoms. The normalized spacial score (nSPS) is 25.5. The van der Waals surface area contributed by atoms with Crippen LogP contribution in [0, 0.1) is 0 Å². The van der Waals surface area contributed by atoms with Crippen LogP contribution in [0.5, 0.6) is 0 Å². The highest BCUT2D eigenvalue weighted by Gasteiger charge is 2.39. The molecule has 1 aromatic rings. The summed E-state index contributed by atoms with van der Waals surface area (Å²) in [5.41, 5.74) is 2.55.